The van der Waals surface area contributed by atoms with Gasteiger partial charge < -0.3 is 4.90 Å². The molecule has 0 bridgehead atoms. The number of nitrogens with zero attached hydrogens (tertiary/aromatic N) is 3. The summed E-state index contributed by atoms with van der Waals surface area (Å²) in [6.07, 6.45) is 4.39. The van der Waals surface area contributed by atoms with E-state index in [-0.39, 0.29) is 11.5 Å². The summed E-state index contributed by atoms with van der Waals surface area (Å²) in [6, 6.07) is 7.41. The molecule has 5 nitrogen and oxygen atoms in total. The standard InChI is InChI=1S/C19H25N3O2S/c1-3-4-11-22-18(24)15-7-5-6-8-16(15)20-19(22)25-13-17(23)21(2)12-14-9-10-14/h5-8,14H,3-4,9-13H2,1-2H3. The Morgan fingerprint density at radius 2 is 2.12 bits per heavy atom. The number of para-hydroxylation sites is 1. The van der Waals surface area contributed by atoms with Crippen LogP contribution in [-0.4, -0.2) is 39.7 Å². The lowest BCUT2D eigenvalue weighted by Gasteiger charge is -2.17. The predicted octanol–water partition coefficient (Wildman–Crippen LogP) is 3.16. The van der Waals surface area contributed by atoms with E-state index in [0.29, 0.717) is 34.3 Å². The molecule has 1 aromatic carbocycles. The zero-order chi connectivity index (χ0) is 17.8. The van der Waals surface area contributed by atoms with Gasteiger partial charge in [-0.05, 0) is 37.3 Å². The molecule has 6 heteroatoms. The van der Waals surface area contributed by atoms with Gasteiger partial charge in [0.1, 0.15) is 0 Å². The van der Waals surface area contributed by atoms with E-state index in [1.807, 2.05) is 31.3 Å². The summed E-state index contributed by atoms with van der Waals surface area (Å²) in [5, 5.41) is 1.28. The summed E-state index contributed by atoms with van der Waals surface area (Å²) < 4.78 is 1.73. The third-order valence-corrected chi connectivity index (χ3v) is 5.50. The van der Waals surface area contributed by atoms with Crippen LogP contribution in [-0.2, 0) is 11.3 Å². The van der Waals surface area contributed by atoms with Crippen LogP contribution in [0.4, 0.5) is 0 Å². The number of rotatable bonds is 8. The molecule has 1 fully saturated rings. The Morgan fingerprint density at radius 3 is 2.84 bits per heavy atom. The number of fused-ring (bicyclic) bond motifs is 1. The molecule has 0 N–H and O–H groups in total. The molecule has 0 spiro atoms. The van der Waals surface area contributed by atoms with E-state index >= 15 is 0 Å². The molecule has 25 heavy (non-hydrogen) atoms. The minimum Gasteiger partial charge on any atom is -0.345 e. The molecule has 0 atom stereocenters. The Morgan fingerprint density at radius 1 is 1.36 bits per heavy atom. The number of carbonyl (C=O) groups is 1. The van der Waals surface area contributed by atoms with Crippen molar-refractivity contribution in [2.45, 2.75) is 44.3 Å². The Hall–Kier alpha value is -1.82. The fraction of sp³-hybridized carbons (Fsp3) is 0.526. The van der Waals surface area contributed by atoms with E-state index in [2.05, 4.69) is 11.9 Å². The molecule has 2 aromatic rings. The van der Waals surface area contributed by atoms with Gasteiger partial charge in [-0.2, -0.15) is 0 Å². The molecule has 0 aliphatic heterocycles. The van der Waals surface area contributed by atoms with Crippen molar-refractivity contribution >= 4 is 28.6 Å². The zero-order valence-electron chi connectivity index (χ0n) is 14.9. The van der Waals surface area contributed by atoms with Gasteiger partial charge in [0, 0.05) is 20.1 Å². The van der Waals surface area contributed by atoms with Crippen LogP contribution in [0.25, 0.3) is 10.9 Å². The highest BCUT2D eigenvalue weighted by Gasteiger charge is 2.25. The van der Waals surface area contributed by atoms with Crippen LogP contribution in [0.2, 0.25) is 0 Å². The molecular formula is C19H25N3O2S. The number of thioether (sulfide) groups is 1. The lowest BCUT2D eigenvalue weighted by molar-refractivity contribution is -0.127. The monoisotopic (exact) mass is 359 g/mol. The first-order valence-electron chi connectivity index (χ1n) is 8.96. The van der Waals surface area contributed by atoms with E-state index < -0.39 is 0 Å². The molecular weight excluding hydrogens is 334 g/mol. The topological polar surface area (TPSA) is 55.2 Å². The second kappa shape index (κ2) is 8.04. The van der Waals surface area contributed by atoms with E-state index in [1.165, 1.54) is 24.6 Å². The number of aromatic nitrogens is 2. The lowest BCUT2D eigenvalue weighted by atomic mass is 10.2. The Bertz CT molecular complexity index is 814. The van der Waals surface area contributed by atoms with Crippen molar-refractivity contribution in [1.29, 1.82) is 0 Å². The van der Waals surface area contributed by atoms with Gasteiger partial charge in [0.15, 0.2) is 5.16 Å². The highest BCUT2D eigenvalue weighted by Crippen LogP contribution is 2.29. The number of hydrogen-bond donors (Lipinski definition) is 0. The minimum absolute atomic E-state index is 0.0136. The second-order valence-electron chi connectivity index (χ2n) is 6.73. The minimum atomic E-state index is -0.0136. The van der Waals surface area contributed by atoms with Gasteiger partial charge in [-0.15, -0.1) is 0 Å². The van der Waals surface area contributed by atoms with Crippen LogP contribution in [0.1, 0.15) is 32.6 Å². The third-order valence-electron chi connectivity index (χ3n) is 4.54. The summed E-state index contributed by atoms with van der Waals surface area (Å²) in [4.78, 5) is 31.6. The average Bonchev–Trinajstić information content (AvgIpc) is 3.43. The molecule has 3 rings (SSSR count). The largest absolute Gasteiger partial charge is 0.345 e. The fourth-order valence-corrected chi connectivity index (χ4v) is 3.76. The first kappa shape index (κ1) is 18.0. The number of unbranched alkanes of at least 4 members (excludes halogenated alkanes) is 1. The molecule has 1 amide bonds. The SMILES string of the molecule is CCCCn1c(SCC(=O)N(C)CC2CC2)nc2ccccc2c1=O. The lowest BCUT2D eigenvalue weighted by Crippen LogP contribution is -2.31. The molecule has 1 heterocycles. The highest BCUT2D eigenvalue weighted by atomic mass is 32.2. The van der Waals surface area contributed by atoms with Crippen molar-refractivity contribution in [3.05, 3.63) is 34.6 Å². The summed E-state index contributed by atoms with van der Waals surface area (Å²) >= 11 is 1.37. The second-order valence-corrected chi connectivity index (χ2v) is 7.67. The van der Waals surface area contributed by atoms with Crippen molar-refractivity contribution in [3.8, 4) is 0 Å². The van der Waals surface area contributed by atoms with Crippen molar-refractivity contribution in [2.24, 2.45) is 5.92 Å². The van der Waals surface area contributed by atoms with Crippen LogP contribution in [0.15, 0.2) is 34.2 Å². The maximum absolute atomic E-state index is 12.8. The van der Waals surface area contributed by atoms with E-state index in [1.54, 1.807) is 9.47 Å². The van der Waals surface area contributed by atoms with Crippen molar-refractivity contribution in [3.63, 3.8) is 0 Å². The van der Waals surface area contributed by atoms with Crippen LogP contribution in [0.3, 0.4) is 0 Å². The number of amides is 1. The smallest absolute Gasteiger partial charge is 0.262 e. The van der Waals surface area contributed by atoms with E-state index in [0.717, 1.165) is 19.4 Å². The maximum Gasteiger partial charge on any atom is 0.262 e. The molecule has 134 valence electrons. The fourth-order valence-electron chi connectivity index (χ4n) is 2.80. The molecule has 1 aliphatic carbocycles. The summed E-state index contributed by atoms with van der Waals surface area (Å²) in [5.41, 5.74) is 0.682. The van der Waals surface area contributed by atoms with Gasteiger partial charge in [0.2, 0.25) is 5.91 Å². The molecule has 0 unspecified atom stereocenters. The Balaban J connectivity index is 1.80. The normalized spacial score (nSPS) is 14.0. The Kier molecular flexibility index (Phi) is 5.78. The average molecular weight is 359 g/mol. The van der Waals surface area contributed by atoms with Crippen molar-refractivity contribution in [2.75, 3.05) is 19.3 Å². The van der Waals surface area contributed by atoms with Gasteiger partial charge in [-0.3, -0.25) is 14.2 Å². The van der Waals surface area contributed by atoms with Gasteiger partial charge in [0.25, 0.3) is 5.56 Å². The van der Waals surface area contributed by atoms with Gasteiger partial charge in [-0.25, -0.2) is 4.98 Å². The third kappa shape index (κ3) is 4.42. The first-order valence-corrected chi connectivity index (χ1v) is 9.95. The van der Waals surface area contributed by atoms with Crippen molar-refractivity contribution in [1.82, 2.24) is 14.5 Å². The molecule has 0 radical (unpaired) electrons. The first-order chi connectivity index (χ1) is 12.1. The number of carbonyl (C=O) groups excluding carboxylic acids is 1. The zero-order valence-corrected chi connectivity index (χ0v) is 15.7. The predicted molar refractivity (Wildman–Crippen MR) is 102 cm³/mol. The molecule has 1 saturated carbocycles. The maximum atomic E-state index is 12.8. The highest BCUT2D eigenvalue weighted by molar-refractivity contribution is 7.99. The van der Waals surface area contributed by atoms with Crippen LogP contribution in [0, 0.1) is 5.92 Å². The molecule has 1 aromatic heterocycles. The van der Waals surface area contributed by atoms with Crippen molar-refractivity contribution < 1.29 is 4.79 Å². The van der Waals surface area contributed by atoms with Crippen LogP contribution < -0.4 is 5.56 Å². The van der Waals surface area contributed by atoms with Gasteiger partial charge >= 0.3 is 0 Å². The van der Waals surface area contributed by atoms with Crippen LogP contribution >= 0.6 is 11.8 Å². The van der Waals surface area contributed by atoms with E-state index in [4.69, 9.17) is 0 Å². The summed E-state index contributed by atoms with van der Waals surface area (Å²) in [7, 11) is 1.86. The number of hydrogen-bond acceptors (Lipinski definition) is 4. The Labute approximate surface area is 152 Å². The van der Waals surface area contributed by atoms with Gasteiger partial charge in [-0.1, -0.05) is 37.2 Å². The molecule has 1 aliphatic rings. The quantitative estimate of drug-likeness (QED) is 0.537. The molecule has 0 saturated heterocycles. The summed E-state index contributed by atoms with van der Waals surface area (Å²) in [6.45, 7) is 3.58. The van der Waals surface area contributed by atoms with Gasteiger partial charge in [0.05, 0.1) is 16.7 Å². The summed E-state index contributed by atoms with van der Waals surface area (Å²) in [5.74, 6) is 1.10. The van der Waals surface area contributed by atoms with E-state index in [9.17, 15) is 9.59 Å². The number of benzene rings is 1. The van der Waals surface area contributed by atoms with Crippen LogP contribution in [0.5, 0.6) is 0 Å².